The van der Waals surface area contributed by atoms with Crippen molar-refractivity contribution in [2.24, 2.45) is 17.8 Å². The molecule has 1 heterocycles. The summed E-state index contributed by atoms with van der Waals surface area (Å²) in [6.45, 7) is 14.3. The molecule has 0 aromatic heterocycles. The molecule has 1 unspecified atom stereocenters. The Balaban J connectivity index is 0.000000741. The Bertz CT molecular complexity index is 255. The average Bonchev–Trinajstić information content (AvgIpc) is 2.90. The number of carbonyl (C=O) groups excluding carboxylic acids is 2. The zero-order chi connectivity index (χ0) is 15.0. The van der Waals surface area contributed by atoms with Crippen molar-refractivity contribution in [3.8, 4) is 0 Å². The van der Waals surface area contributed by atoms with E-state index in [0.29, 0.717) is 0 Å². The summed E-state index contributed by atoms with van der Waals surface area (Å²) in [5, 5.41) is 2.97. The molecule has 2 amide bonds. The van der Waals surface area contributed by atoms with Gasteiger partial charge in [0.15, 0.2) is 0 Å². The van der Waals surface area contributed by atoms with Crippen LogP contribution in [-0.4, -0.2) is 36.9 Å². The summed E-state index contributed by atoms with van der Waals surface area (Å²) >= 11 is 0. The third-order valence-corrected chi connectivity index (χ3v) is 3.69. The van der Waals surface area contributed by atoms with E-state index in [2.05, 4.69) is 12.2 Å². The first-order chi connectivity index (χ1) is 9.06. The van der Waals surface area contributed by atoms with Crippen LogP contribution in [0, 0.1) is 17.8 Å². The van der Waals surface area contributed by atoms with Crippen LogP contribution in [0.4, 0.5) is 4.79 Å². The highest BCUT2D eigenvalue weighted by Gasteiger charge is 2.40. The van der Waals surface area contributed by atoms with Crippen LogP contribution >= 0.6 is 0 Å². The van der Waals surface area contributed by atoms with Crippen LogP contribution in [-0.2, 0) is 4.79 Å². The zero-order valence-corrected chi connectivity index (χ0v) is 13.1. The van der Waals surface area contributed by atoms with Gasteiger partial charge < -0.3 is 15.0 Å². The number of nitrogens with zero attached hydrogens (tertiary/aromatic N) is 1. The van der Waals surface area contributed by atoms with Crippen molar-refractivity contribution in [1.82, 2.24) is 10.2 Å². The predicted octanol–water partition coefficient (Wildman–Crippen LogP) is 2.92. The standard InChI is InChI=1S/C12H22N2O.C2H6.CH2O/c1-8(2)13-12(15)14-6-10-4-9(3)5-11(10)7-14;2*1-2/h8-11H,4-7H2,1-3H3,(H,13,15);1-2H3;1H2/t9?,10-,11+;;. The van der Waals surface area contributed by atoms with Gasteiger partial charge in [-0.25, -0.2) is 4.79 Å². The van der Waals surface area contributed by atoms with E-state index in [4.69, 9.17) is 4.79 Å². The summed E-state index contributed by atoms with van der Waals surface area (Å²) < 4.78 is 0. The van der Waals surface area contributed by atoms with E-state index in [1.165, 1.54) is 12.8 Å². The highest BCUT2D eigenvalue weighted by Crippen LogP contribution is 2.41. The first-order valence-corrected chi connectivity index (χ1v) is 7.40. The Kier molecular flexibility index (Phi) is 8.44. The molecule has 0 bridgehead atoms. The van der Waals surface area contributed by atoms with Gasteiger partial charge in [0, 0.05) is 19.1 Å². The fraction of sp³-hybridized carbons (Fsp3) is 0.867. The van der Waals surface area contributed by atoms with Gasteiger partial charge in [-0.1, -0.05) is 20.8 Å². The predicted molar refractivity (Wildman–Crippen MR) is 79.1 cm³/mol. The van der Waals surface area contributed by atoms with Gasteiger partial charge in [0.2, 0.25) is 0 Å². The minimum absolute atomic E-state index is 0.132. The topological polar surface area (TPSA) is 49.4 Å². The number of amides is 2. The molecule has 2 aliphatic rings. The lowest BCUT2D eigenvalue weighted by molar-refractivity contribution is -0.0979. The second-order valence-corrected chi connectivity index (χ2v) is 5.61. The number of urea groups is 1. The highest BCUT2D eigenvalue weighted by molar-refractivity contribution is 5.74. The van der Waals surface area contributed by atoms with E-state index in [9.17, 15) is 4.79 Å². The average molecular weight is 270 g/mol. The quantitative estimate of drug-likeness (QED) is 0.796. The Morgan fingerprint density at radius 1 is 1.16 bits per heavy atom. The molecule has 19 heavy (non-hydrogen) atoms. The van der Waals surface area contributed by atoms with Crippen molar-refractivity contribution in [1.29, 1.82) is 0 Å². The maximum absolute atomic E-state index is 11.8. The molecule has 1 saturated heterocycles. The maximum Gasteiger partial charge on any atom is 0.317 e. The molecule has 2 rings (SSSR count). The second-order valence-electron chi connectivity index (χ2n) is 5.61. The molecule has 0 spiro atoms. The summed E-state index contributed by atoms with van der Waals surface area (Å²) in [5.74, 6) is 2.42. The first-order valence-electron chi connectivity index (χ1n) is 7.40. The van der Waals surface area contributed by atoms with Gasteiger partial charge in [-0.05, 0) is 44.4 Å². The molecule has 4 heteroatoms. The minimum atomic E-state index is 0.132. The van der Waals surface area contributed by atoms with Crippen molar-refractivity contribution < 1.29 is 9.59 Å². The van der Waals surface area contributed by atoms with Gasteiger partial charge in [0.25, 0.3) is 0 Å². The van der Waals surface area contributed by atoms with Crippen molar-refractivity contribution in [2.75, 3.05) is 13.1 Å². The lowest BCUT2D eigenvalue weighted by Crippen LogP contribution is -2.42. The number of rotatable bonds is 1. The maximum atomic E-state index is 11.8. The van der Waals surface area contributed by atoms with E-state index in [1.54, 1.807) is 0 Å². The molecule has 2 fully saturated rings. The third-order valence-electron chi connectivity index (χ3n) is 3.69. The molecule has 1 aliphatic heterocycles. The minimum Gasteiger partial charge on any atom is -0.336 e. The molecule has 0 radical (unpaired) electrons. The van der Waals surface area contributed by atoms with Gasteiger partial charge >= 0.3 is 6.03 Å². The lowest BCUT2D eigenvalue weighted by Gasteiger charge is -2.20. The number of fused-ring (bicyclic) bond motifs is 1. The lowest BCUT2D eigenvalue weighted by atomic mass is 10.0. The van der Waals surface area contributed by atoms with Crippen molar-refractivity contribution in [2.45, 2.75) is 53.5 Å². The smallest absolute Gasteiger partial charge is 0.317 e. The van der Waals surface area contributed by atoms with E-state index in [-0.39, 0.29) is 12.1 Å². The zero-order valence-electron chi connectivity index (χ0n) is 13.1. The molecular weight excluding hydrogens is 240 g/mol. The van der Waals surface area contributed by atoms with Crippen LogP contribution < -0.4 is 5.32 Å². The molecule has 1 saturated carbocycles. The Hall–Kier alpha value is -1.06. The highest BCUT2D eigenvalue weighted by atomic mass is 16.2. The Morgan fingerprint density at radius 2 is 1.58 bits per heavy atom. The normalized spacial score (nSPS) is 27.9. The fourth-order valence-corrected chi connectivity index (χ4v) is 3.11. The number of carbonyl (C=O) groups is 2. The van der Waals surface area contributed by atoms with Crippen LogP contribution in [0.5, 0.6) is 0 Å². The van der Waals surface area contributed by atoms with Crippen LogP contribution in [0.2, 0.25) is 0 Å². The third kappa shape index (κ3) is 5.21. The summed E-state index contributed by atoms with van der Waals surface area (Å²) in [6, 6.07) is 0.379. The van der Waals surface area contributed by atoms with Crippen LogP contribution in [0.1, 0.15) is 47.5 Å². The van der Waals surface area contributed by atoms with Crippen LogP contribution in [0.15, 0.2) is 0 Å². The van der Waals surface area contributed by atoms with Gasteiger partial charge in [0.1, 0.15) is 6.79 Å². The molecule has 4 nitrogen and oxygen atoms in total. The molecule has 0 aromatic carbocycles. The summed E-state index contributed by atoms with van der Waals surface area (Å²) in [7, 11) is 0. The van der Waals surface area contributed by atoms with Crippen molar-refractivity contribution in [3.05, 3.63) is 0 Å². The molecule has 1 aliphatic carbocycles. The SMILES string of the molecule is C=O.CC.CC1C[C@@H]2CN(C(=O)NC(C)C)C[C@@H]2C1. The second kappa shape index (κ2) is 8.94. The van der Waals surface area contributed by atoms with Crippen molar-refractivity contribution >= 4 is 12.8 Å². The first kappa shape index (κ1) is 17.9. The van der Waals surface area contributed by atoms with E-state index >= 15 is 0 Å². The van der Waals surface area contributed by atoms with E-state index in [1.807, 2.05) is 39.4 Å². The molecular formula is C15H30N2O2. The van der Waals surface area contributed by atoms with Crippen LogP contribution in [0.25, 0.3) is 0 Å². The van der Waals surface area contributed by atoms with Gasteiger partial charge in [0.05, 0.1) is 0 Å². The number of hydrogen-bond acceptors (Lipinski definition) is 2. The van der Waals surface area contributed by atoms with Gasteiger partial charge in [-0.3, -0.25) is 0 Å². The Morgan fingerprint density at radius 3 is 1.95 bits per heavy atom. The summed E-state index contributed by atoms with van der Waals surface area (Å²) in [5.41, 5.74) is 0. The molecule has 0 aromatic rings. The monoisotopic (exact) mass is 270 g/mol. The fourth-order valence-electron chi connectivity index (χ4n) is 3.11. The number of hydrogen-bond donors (Lipinski definition) is 1. The van der Waals surface area contributed by atoms with Gasteiger partial charge in [-0.15, -0.1) is 0 Å². The number of likely N-dealkylation sites (tertiary alicyclic amines) is 1. The molecule has 1 N–H and O–H groups in total. The largest absolute Gasteiger partial charge is 0.336 e. The summed E-state index contributed by atoms with van der Waals surface area (Å²) in [4.78, 5) is 21.8. The summed E-state index contributed by atoms with van der Waals surface area (Å²) in [6.07, 6.45) is 2.63. The van der Waals surface area contributed by atoms with Crippen molar-refractivity contribution in [3.63, 3.8) is 0 Å². The van der Waals surface area contributed by atoms with Crippen LogP contribution in [0.3, 0.4) is 0 Å². The van der Waals surface area contributed by atoms with Gasteiger partial charge in [-0.2, -0.15) is 0 Å². The Labute approximate surface area is 117 Å². The van der Waals surface area contributed by atoms with E-state index in [0.717, 1.165) is 30.8 Å². The van der Waals surface area contributed by atoms with E-state index < -0.39 is 0 Å². The molecule has 3 atom stereocenters. The number of nitrogens with one attached hydrogen (secondary N) is 1. The molecule has 112 valence electrons.